The molecule has 2 heteroatoms. The van der Waals surface area contributed by atoms with Crippen LogP contribution in [0.5, 0.6) is 0 Å². The molecule has 0 bridgehead atoms. The molecule has 2 unspecified atom stereocenters. The summed E-state index contributed by atoms with van der Waals surface area (Å²) in [6, 6.07) is 6.44. The van der Waals surface area contributed by atoms with Gasteiger partial charge in [-0.3, -0.25) is 0 Å². The van der Waals surface area contributed by atoms with Gasteiger partial charge in [0.2, 0.25) is 0 Å². The zero-order valence-electron chi connectivity index (χ0n) is 10.2. The van der Waals surface area contributed by atoms with Gasteiger partial charge in [0.25, 0.3) is 0 Å². The van der Waals surface area contributed by atoms with Crippen LogP contribution in [0.15, 0.2) is 18.2 Å². The molecule has 0 radical (unpaired) electrons. The second-order valence-electron chi connectivity index (χ2n) is 4.99. The molecule has 0 aliphatic carbocycles. The standard InChI is InChI=1S/C14H19ClO/c1-10-5-6-11(2)12(9-10)13(15)14(3)7-4-8-16-14/h5-6,9,13H,4,7-8H2,1-3H3. The molecule has 0 saturated carbocycles. The summed E-state index contributed by atoms with van der Waals surface area (Å²) in [5, 5.41) is -0.0464. The fourth-order valence-electron chi connectivity index (χ4n) is 2.36. The van der Waals surface area contributed by atoms with E-state index in [9.17, 15) is 0 Å². The first-order valence-electron chi connectivity index (χ1n) is 5.88. The first-order chi connectivity index (χ1) is 7.53. The SMILES string of the molecule is Cc1ccc(C)c(C(Cl)C2(C)CCCO2)c1. The van der Waals surface area contributed by atoms with E-state index >= 15 is 0 Å². The van der Waals surface area contributed by atoms with E-state index in [1.807, 2.05) is 0 Å². The van der Waals surface area contributed by atoms with Gasteiger partial charge in [-0.1, -0.05) is 23.8 Å². The fourth-order valence-corrected chi connectivity index (χ4v) is 2.77. The van der Waals surface area contributed by atoms with Crippen LogP contribution in [0.1, 0.15) is 41.8 Å². The Labute approximate surface area is 103 Å². The summed E-state index contributed by atoms with van der Waals surface area (Å²) in [6.45, 7) is 7.18. The van der Waals surface area contributed by atoms with Crippen LogP contribution in [-0.2, 0) is 4.74 Å². The molecule has 0 aromatic heterocycles. The highest BCUT2D eigenvalue weighted by atomic mass is 35.5. The number of halogens is 1. The molecule has 1 aromatic carbocycles. The molecule has 0 spiro atoms. The van der Waals surface area contributed by atoms with Gasteiger partial charge in [-0.05, 0) is 44.7 Å². The van der Waals surface area contributed by atoms with Crippen LogP contribution in [0, 0.1) is 13.8 Å². The van der Waals surface area contributed by atoms with E-state index < -0.39 is 0 Å². The van der Waals surface area contributed by atoms with Crippen molar-refractivity contribution in [3.8, 4) is 0 Å². The zero-order chi connectivity index (χ0) is 11.8. The van der Waals surface area contributed by atoms with Crippen molar-refractivity contribution in [3.05, 3.63) is 34.9 Å². The summed E-state index contributed by atoms with van der Waals surface area (Å²) in [5.41, 5.74) is 3.53. The van der Waals surface area contributed by atoms with Gasteiger partial charge in [-0.2, -0.15) is 0 Å². The zero-order valence-corrected chi connectivity index (χ0v) is 11.0. The Kier molecular flexibility index (Phi) is 3.27. The average molecular weight is 239 g/mol. The third kappa shape index (κ3) is 2.11. The number of hydrogen-bond donors (Lipinski definition) is 0. The molecule has 1 fully saturated rings. The van der Waals surface area contributed by atoms with Gasteiger partial charge in [0.05, 0.1) is 11.0 Å². The summed E-state index contributed by atoms with van der Waals surface area (Å²) >= 11 is 6.61. The predicted octanol–water partition coefficient (Wildman–Crippen LogP) is 4.15. The monoisotopic (exact) mass is 238 g/mol. The fraction of sp³-hybridized carbons (Fsp3) is 0.571. The number of ether oxygens (including phenoxy) is 1. The van der Waals surface area contributed by atoms with E-state index in [4.69, 9.17) is 16.3 Å². The Morgan fingerprint density at radius 2 is 2.12 bits per heavy atom. The lowest BCUT2D eigenvalue weighted by Gasteiger charge is -2.30. The third-order valence-electron chi connectivity index (χ3n) is 3.49. The smallest absolute Gasteiger partial charge is 0.0875 e. The second-order valence-corrected chi connectivity index (χ2v) is 5.42. The maximum absolute atomic E-state index is 6.61. The number of benzene rings is 1. The van der Waals surface area contributed by atoms with Crippen molar-refractivity contribution >= 4 is 11.6 Å². The van der Waals surface area contributed by atoms with Crippen LogP contribution in [0.4, 0.5) is 0 Å². The third-order valence-corrected chi connectivity index (χ3v) is 4.19. The first-order valence-corrected chi connectivity index (χ1v) is 6.32. The number of hydrogen-bond acceptors (Lipinski definition) is 1. The van der Waals surface area contributed by atoms with Crippen LogP contribution in [0.2, 0.25) is 0 Å². The summed E-state index contributed by atoms with van der Waals surface area (Å²) < 4.78 is 5.82. The summed E-state index contributed by atoms with van der Waals surface area (Å²) in [6.07, 6.45) is 2.17. The Balaban J connectivity index is 2.32. The first kappa shape index (κ1) is 11.9. The minimum atomic E-state index is -0.194. The maximum Gasteiger partial charge on any atom is 0.0875 e. The summed E-state index contributed by atoms with van der Waals surface area (Å²) in [4.78, 5) is 0. The van der Waals surface area contributed by atoms with Gasteiger partial charge in [0.1, 0.15) is 0 Å². The lowest BCUT2D eigenvalue weighted by atomic mass is 9.90. The summed E-state index contributed by atoms with van der Waals surface area (Å²) in [7, 11) is 0. The van der Waals surface area contributed by atoms with Crippen molar-refractivity contribution in [2.45, 2.75) is 44.6 Å². The van der Waals surface area contributed by atoms with E-state index in [1.54, 1.807) is 0 Å². The number of alkyl halides is 1. The van der Waals surface area contributed by atoms with E-state index in [-0.39, 0.29) is 11.0 Å². The van der Waals surface area contributed by atoms with Crippen molar-refractivity contribution in [1.82, 2.24) is 0 Å². The Hall–Kier alpha value is -0.530. The maximum atomic E-state index is 6.61. The molecule has 1 nitrogen and oxygen atoms in total. The minimum absolute atomic E-state index is 0.0464. The van der Waals surface area contributed by atoms with Crippen LogP contribution in [0.3, 0.4) is 0 Å². The lowest BCUT2D eigenvalue weighted by Crippen LogP contribution is -2.29. The topological polar surface area (TPSA) is 9.23 Å². The van der Waals surface area contributed by atoms with Crippen molar-refractivity contribution in [2.75, 3.05) is 6.61 Å². The molecule has 1 saturated heterocycles. The molecular weight excluding hydrogens is 220 g/mol. The van der Waals surface area contributed by atoms with Gasteiger partial charge >= 0.3 is 0 Å². The molecule has 1 aliphatic heterocycles. The minimum Gasteiger partial charge on any atom is -0.373 e. The van der Waals surface area contributed by atoms with E-state index in [0.717, 1.165) is 19.4 Å². The Morgan fingerprint density at radius 3 is 2.75 bits per heavy atom. The Bertz CT molecular complexity index is 380. The van der Waals surface area contributed by atoms with Gasteiger partial charge < -0.3 is 4.74 Å². The quantitative estimate of drug-likeness (QED) is 0.704. The van der Waals surface area contributed by atoms with Crippen LogP contribution in [0.25, 0.3) is 0 Å². The van der Waals surface area contributed by atoms with Crippen molar-refractivity contribution in [3.63, 3.8) is 0 Å². The van der Waals surface area contributed by atoms with E-state index in [1.165, 1.54) is 16.7 Å². The molecule has 1 aromatic rings. The highest BCUT2D eigenvalue weighted by molar-refractivity contribution is 6.21. The normalized spacial score (nSPS) is 27.0. The van der Waals surface area contributed by atoms with Gasteiger partial charge in [-0.25, -0.2) is 0 Å². The second kappa shape index (κ2) is 4.38. The largest absolute Gasteiger partial charge is 0.373 e. The molecule has 1 heterocycles. The molecule has 1 aliphatic rings. The highest BCUT2D eigenvalue weighted by Crippen LogP contribution is 2.42. The van der Waals surface area contributed by atoms with Crippen LogP contribution >= 0.6 is 11.6 Å². The van der Waals surface area contributed by atoms with Gasteiger partial charge in [0, 0.05) is 6.61 Å². The number of aryl methyl sites for hydroxylation is 2. The van der Waals surface area contributed by atoms with Crippen molar-refractivity contribution in [2.24, 2.45) is 0 Å². The van der Waals surface area contributed by atoms with Crippen LogP contribution < -0.4 is 0 Å². The molecule has 0 amide bonds. The highest BCUT2D eigenvalue weighted by Gasteiger charge is 2.38. The van der Waals surface area contributed by atoms with Gasteiger partial charge in [-0.15, -0.1) is 11.6 Å². The molecule has 2 atom stereocenters. The molecule has 88 valence electrons. The average Bonchev–Trinajstić information content (AvgIpc) is 2.69. The van der Waals surface area contributed by atoms with Crippen LogP contribution in [-0.4, -0.2) is 12.2 Å². The summed E-state index contributed by atoms with van der Waals surface area (Å²) in [5.74, 6) is 0. The molecular formula is C14H19ClO. The lowest BCUT2D eigenvalue weighted by molar-refractivity contribution is 0.0163. The van der Waals surface area contributed by atoms with E-state index in [0.29, 0.717) is 0 Å². The van der Waals surface area contributed by atoms with Gasteiger partial charge in [0.15, 0.2) is 0 Å². The van der Waals surface area contributed by atoms with Crippen molar-refractivity contribution < 1.29 is 4.74 Å². The van der Waals surface area contributed by atoms with Crippen molar-refractivity contribution in [1.29, 1.82) is 0 Å². The Morgan fingerprint density at radius 1 is 1.38 bits per heavy atom. The molecule has 16 heavy (non-hydrogen) atoms. The predicted molar refractivity (Wildman–Crippen MR) is 68.1 cm³/mol. The van der Waals surface area contributed by atoms with E-state index in [2.05, 4.69) is 39.0 Å². The molecule has 2 rings (SSSR count). The molecule has 0 N–H and O–H groups in total. The number of rotatable bonds is 2.